The van der Waals surface area contributed by atoms with Crippen molar-refractivity contribution in [2.45, 2.75) is 16.8 Å². The van der Waals surface area contributed by atoms with Crippen LogP contribution < -0.4 is 10.5 Å². The highest BCUT2D eigenvalue weighted by molar-refractivity contribution is 7.99. The molecule has 0 fully saturated rings. The fourth-order valence-corrected chi connectivity index (χ4v) is 2.95. The summed E-state index contributed by atoms with van der Waals surface area (Å²) in [7, 11) is 3.45. The molecule has 0 radical (unpaired) electrons. The maximum atomic E-state index is 8.89. The quantitative estimate of drug-likeness (QED) is 0.389. The zero-order chi connectivity index (χ0) is 14.7. The van der Waals surface area contributed by atoms with E-state index in [9.17, 15) is 0 Å². The lowest BCUT2D eigenvalue weighted by atomic mass is 10.2. The summed E-state index contributed by atoms with van der Waals surface area (Å²) < 4.78 is 6.92. The van der Waals surface area contributed by atoms with Crippen LogP contribution in [-0.4, -0.2) is 27.9 Å². The number of oxime groups is 1. The largest absolute Gasteiger partial charge is 0.497 e. The lowest BCUT2D eigenvalue weighted by Crippen LogP contribution is -2.14. The van der Waals surface area contributed by atoms with Gasteiger partial charge in [0.15, 0.2) is 5.84 Å². The third-order valence-corrected chi connectivity index (χ3v) is 3.94. The van der Waals surface area contributed by atoms with Crippen molar-refractivity contribution < 1.29 is 9.94 Å². The highest BCUT2D eigenvalue weighted by Crippen LogP contribution is 2.33. The Labute approximate surface area is 121 Å². The third-order valence-electron chi connectivity index (χ3n) is 2.79. The highest BCUT2D eigenvalue weighted by atomic mass is 32.2. The molecule has 0 aliphatic rings. The van der Waals surface area contributed by atoms with E-state index >= 15 is 0 Å². The first-order chi connectivity index (χ1) is 9.56. The van der Waals surface area contributed by atoms with Gasteiger partial charge in [-0.15, -0.1) is 0 Å². The Kier molecular flexibility index (Phi) is 4.19. The van der Waals surface area contributed by atoms with Crippen LogP contribution in [0.3, 0.4) is 0 Å². The molecule has 0 aliphatic carbocycles. The van der Waals surface area contributed by atoms with Gasteiger partial charge in [0.05, 0.1) is 18.4 Å². The van der Waals surface area contributed by atoms with Crippen LogP contribution in [0, 0.1) is 6.92 Å². The van der Waals surface area contributed by atoms with Crippen LogP contribution >= 0.6 is 11.8 Å². The number of rotatable bonds is 4. The summed E-state index contributed by atoms with van der Waals surface area (Å²) in [5, 5.41) is 17.1. The number of aryl methyl sites for hydroxylation is 2. The average Bonchev–Trinajstić information content (AvgIpc) is 2.73. The van der Waals surface area contributed by atoms with E-state index in [2.05, 4.69) is 10.3 Å². The second kappa shape index (κ2) is 5.87. The predicted molar refractivity (Wildman–Crippen MR) is 77.6 cm³/mol. The molecule has 2 rings (SSSR count). The number of benzene rings is 1. The van der Waals surface area contributed by atoms with Crippen LogP contribution in [0.25, 0.3) is 0 Å². The fraction of sp³-hybridized carbons (Fsp3) is 0.231. The number of ether oxygens (including phenoxy) is 1. The summed E-state index contributed by atoms with van der Waals surface area (Å²) in [6.45, 7) is 1.82. The molecule has 1 aromatic heterocycles. The second-order valence-corrected chi connectivity index (χ2v) is 5.22. The summed E-state index contributed by atoms with van der Waals surface area (Å²) in [5.41, 5.74) is 7.09. The Morgan fingerprint density at radius 3 is 2.90 bits per heavy atom. The second-order valence-electron chi connectivity index (χ2n) is 4.16. The Morgan fingerprint density at radius 2 is 2.25 bits per heavy atom. The number of hydrogen-bond donors (Lipinski definition) is 2. The zero-order valence-electron chi connectivity index (χ0n) is 11.5. The molecule has 6 nitrogen and oxygen atoms in total. The molecule has 0 unspecified atom stereocenters. The SMILES string of the molecule is COc1cccc(Sc2c(C(N)=NO)c(C)nn2C)c1. The monoisotopic (exact) mass is 292 g/mol. The minimum Gasteiger partial charge on any atom is -0.497 e. The first-order valence-corrected chi connectivity index (χ1v) is 6.72. The Morgan fingerprint density at radius 1 is 1.50 bits per heavy atom. The van der Waals surface area contributed by atoms with Gasteiger partial charge >= 0.3 is 0 Å². The van der Waals surface area contributed by atoms with Crippen LogP contribution in [0.15, 0.2) is 39.3 Å². The van der Waals surface area contributed by atoms with Crippen molar-refractivity contribution in [2.24, 2.45) is 17.9 Å². The minimum absolute atomic E-state index is 0.0565. The average molecular weight is 292 g/mol. The van der Waals surface area contributed by atoms with Crippen molar-refractivity contribution >= 4 is 17.6 Å². The van der Waals surface area contributed by atoms with Crippen molar-refractivity contribution in [2.75, 3.05) is 7.11 Å². The summed E-state index contributed by atoms with van der Waals surface area (Å²) >= 11 is 1.48. The van der Waals surface area contributed by atoms with Gasteiger partial charge in [-0.25, -0.2) is 0 Å². The molecule has 0 saturated heterocycles. The molecule has 2 aromatic rings. The molecule has 1 heterocycles. The normalized spacial score (nSPS) is 11.7. The van der Waals surface area contributed by atoms with E-state index in [1.165, 1.54) is 11.8 Å². The van der Waals surface area contributed by atoms with Crippen LogP contribution in [-0.2, 0) is 7.05 Å². The van der Waals surface area contributed by atoms with Crippen molar-refractivity contribution in [1.82, 2.24) is 9.78 Å². The molecule has 0 aliphatic heterocycles. The molecule has 0 atom stereocenters. The van der Waals surface area contributed by atoms with Gasteiger partial charge in [-0.2, -0.15) is 5.10 Å². The lowest BCUT2D eigenvalue weighted by molar-refractivity contribution is 0.318. The van der Waals surface area contributed by atoms with Gasteiger partial charge < -0.3 is 15.7 Å². The molecular weight excluding hydrogens is 276 g/mol. The van der Waals surface area contributed by atoms with Gasteiger partial charge in [0, 0.05) is 11.9 Å². The van der Waals surface area contributed by atoms with Crippen LogP contribution in [0.5, 0.6) is 5.75 Å². The van der Waals surface area contributed by atoms with Crippen molar-refractivity contribution in [3.63, 3.8) is 0 Å². The first kappa shape index (κ1) is 14.3. The molecule has 0 amide bonds. The Bertz CT molecular complexity index is 652. The van der Waals surface area contributed by atoms with E-state index in [1.54, 1.807) is 11.8 Å². The maximum Gasteiger partial charge on any atom is 0.174 e. The number of aromatic nitrogens is 2. The maximum absolute atomic E-state index is 8.89. The molecule has 1 aromatic carbocycles. The standard InChI is InChI=1S/C13H16N4O2S/c1-8-11(12(14)16-18)13(17(2)15-8)20-10-6-4-5-9(7-10)19-3/h4-7,18H,1-3H3,(H2,14,16). The van der Waals surface area contributed by atoms with Gasteiger partial charge in [0.1, 0.15) is 10.8 Å². The van der Waals surface area contributed by atoms with Crippen molar-refractivity contribution in [3.05, 3.63) is 35.5 Å². The summed E-state index contributed by atoms with van der Waals surface area (Å²) in [5.74, 6) is 0.834. The van der Waals surface area contributed by atoms with Crippen molar-refractivity contribution in [3.8, 4) is 5.75 Å². The third kappa shape index (κ3) is 2.72. The molecule has 20 heavy (non-hydrogen) atoms. The molecule has 7 heteroatoms. The molecule has 0 bridgehead atoms. The van der Waals surface area contributed by atoms with Gasteiger partial charge in [-0.3, -0.25) is 4.68 Å². The number of methoxy groups -OCH3 is 1. The molecule has 0 spiro atoms. The Hall–Kier alpha value is -2.15. The lowest BCUT2D eigenvalue weighted by Gasteiger charge is -2.07. The molecular formula is C13H16N4O2S. The van der Waals surface area contributed by atoms with Crippen molar-refractivity contribution in [1.29, 1.82) is 0 Å². The van der Waals surface area contributed by atoms with Gasteiger partial charge in [0.2, 0.25) is 0 Å². The van der Waals surface area contributed by atoms with Crippen LogP contribution in [0.2, 0.25) is 0 Å². The number of nitrogens with two attached hydrogens (primary N) is 1. The first-order valence-electron chi connectivity index (χ1n) is 5.90. The van der Waals surface area contributed by atoms with E-state index in [0.29, 0.717) is 11.3 Å². The number of nitrogens with zero attached hydrogens (tertiary/aromatic N) is 3. The van der Waals surface area contributed by atoms with E-state index in [4.69, 9.17) is 15.7 Å². The van der Waals surface area contributed by atoms with E-state index in [-0.39, 0.29) is 5.84 Å². The number of amidine groups is 1. The Balaban J connectivity index is 2.42. The summed E-state index contributed by atoms with van der Waals surface area (Å²) in [4.78, 5) is 0.985. The molecule has 3 N–H and O–H groups in total. The smallest absolute Gasteiger partial charge is 0.174 e. The fourth-order valence-electron chi connectivity index (χ4n) is 1.88. The highest BCUT2D eigenvalue weighted by Gasteiger charge is 2.18. The van der Waals surface area contributed by atoms with E-state index in [0.717, 1.165) is 15.7 Å². The van der Waals surface area contributed by atoms with Crippen LogP contribution in [0.1, 0.15) is 11.3 Å². The van der Waals surface area contributed by atoms with Crippen LogP contribution in [0.4, 0.5) is 0 Å². The van der Waals surface area contributed by atoms with E-state index < -0.39 is 0 Å². The topological polar surface area (TPSA) is 85.7 Å². The molecule has 106 valence electrons. The van der Waals surface area contributed by atoms with Gasteiger partial charge in [-0.1, -0.05) is 23.0 Å². The zero-order valence-corrected chi connectivity index (χ0v) is 12.3. The van der Waals surface area contributed by atoms with E-state index in [1.807, 2.05) is 38.2 Å². The predicted octanol–water partition coefficient (Wildman–Crippen LogP) is 1.98. The van der Waals surface area contributed by atoms with Gasteiger partial charge in [-0.05, 0) is 25.1 Å². The summed E-state index contributed by atoms with van der Waals surface area (Å²) in [6.07, 6.45) is 0. The summed E-state index contributed by atoms with van der Waals surface area (Å²) in [6, 6.07) is 7.67. The number of hydrogen-bond acceptors (Lipinski definition) is 5. The minimum atomic E-state index is 0.0565. The molecule has 0 saturated carbocycles. The van der Waals surface area contributed by atoms with Gasteiger partial charge in [0.25, 0.3) is 0 Å².